The van der Waals surface area contributed by atoms with Gasteiger partial charge in [0.1, 0.15) is 5.82 Å². The van der Waals surface area contributed by atoms with Gasteiger partial charge in [0.15, 0.2) is 0 Å². The molecule has 0 aliphatic heterocycles. The summed E-state index contributed by atoms with van der Waals surface area (Å²) in [5.41, 5.74) is 0.501. The van der Waals surface area contributed by atoms with Crippen molar-refractivity contribution in [2.45, 2.75) is 5.75 Å². The van der Waals surface area contributed by atoms with E-state index in [0.29, 0.717) is 35.2 Å². The first-order valence-electron chi connectivity index (χ1n) is 6.06. The van der Waals surface area contributed by atoms with Crippen LogP contribution in [0.1, 0.15) is 5.56 Å². The molecule has 1 rings (SSSR count). The zero-order valence-electron chi connectivity index (χ0n) is 10.9. The van der Waals surface area contributed by atoms with Crippen LogP contribution in [0.15, 0.2) is 18.2 Å². The number of hydrogen-bond acceptors (Lipinski definition) is 3. The van der Waals surface area contributed by atoms with E-state index in [2.05, 4.69) is 16.6 Å². The molecule has 0 bridgehead atoms. The Balaban J connectivity index is 2.16. The summed E-state index contributed by atoms with van der Waals surface area (Å²) >= 11 is 7.43. The van der Waals surface area contributed by atoms with Gasteiger partial charge >= 0.3 is 0 Å². The van der Waals surface area contributed by atoms with E-state index in [9.17, 15) is 9.18 Å². The van der Waals surface area contributed by atoms with E-state index in [1.54, 1.807) is 12.1 Å². The van der Waals surface area contributed by atoms with E-state index in [4.69, 9.17) is 18.0 Å². The summed E-state index contributed by atoms with van der Waals surface area (Å²) in [4.78, 5) is 11.3. The van der Waals surface area contributed by atoms with Gasteiger partial charge in [-0.1, -0.05) is 23.6 Å². The minimum atomic E-state index is -0.299. The molecule has 0 spiro atoms. The third-order valence-corrected chi connectivity index (χ3v) is 3.73. The van der Waals surface area contributed by atoms with Crippen LogP contribution in [0.2, 0.25) is 5.02 Å². The number of terminal acetylenes is 1. The Morgan fingerprint density at radius 2 is 2.30 bits per heavy atom. The molecule has 0 saturated carbocycles. The van der Waals surface area contributed by atoms with Gasteiger partial charge in [0.25, 0.3) is 0 Å². The molecule has 0 aromatic heterocycles. The lowest BCUT2D eigenvalue weighted by molar-refractivity contribution is -0.120. The summed E-state index contributed by atoms with van der Waals surface area (Å²) in [6, 6.07) is 4.63. The maximum absolute atomic E-state index is 13.5. The number of thioether (sulfide) groups is 1. The van der Waals surface area contributed by atoms with Gasteiger partial charge in [0.05, 0.1) is 13.1 Å². The maximum atomic E-state index is 13.5. The monoisotopic (exact) mass is 314 g/mol. The van der Waals surface area contributed by atoms with Gasteiger partial charge in [-0.2, -0.15) is 11.8 Å². The van der Waals surface area contributed by atoms with E-state index < -0.39 is 0 Å². The minimum absolute atomic E-state index is 0.107. The smallest absolute Gasteiger partial charge is 0.234 e. The second-order valence-electron chi connectivity index (χ2n) is 3.91. The third kappa shape index (κ3) is 6.29. The topological polar surface area (TPSA) is 41.1 Å². The second kappa shape index (κ2) is 9.65. The summed E-state index contributed by atoms with van der Waals surface area (Å²) in [5, 5.41) is 5.96. The molecule has 0 radical (unpaired) electrons. The highest BCUT2D eigenvalue weighted by Gasteiger charge is 2.06. The Bertz CT molecular complexity index is 470. The van der Waals surface area contributed by atoms with Gasteiger partial charge in [-0.3, -0.25) is 10.1 Å². The minimum Gasteiger partial charge on any atom is -0.354 e. The number of rotatable bonds is 8. The van der Waals surface area contributed by atoms with Crippen molar-refractivity contribution in [3.8, 4) is 12.3 Å². The highest BCUT2D eigenvalue weighted by molar-refractivity contribution is 7.98. The van der Waals surface area contributed by atoms with Crippen LogP contribution in [-0.2, 0) is 10.5 Å². The molecule has 3 nitrogen and oxygen atoms in total. The summed E-state index contributed by atoms with van der Waals surface area (Å²) in [5.74, 6) is 3.15. The van der Waals surface area contributed by atoms with Crippen molar-refractivity contribution < 1.29 is 9.18 Å². The summed E-state index contributed by atoms with van der Waals surface area (Å²) in [6.45, 7) is 1.09. The van der Waals surface area contributed by atoms with Crippen LogP contribution in [0.4, 0.5) is 4.39 Å². The highest BCUT2D eigenvalue weighted by Crippen LogP contribution is 2.23. The van der Waals surface area contributed by atoms with E-state index in [1.165, 1.54) is 17.8 Å². The lowest BCUT2D eigenvalue weighted by Crippen LogP contribution is -2.35. The fraction of sp³-hybridized carbons (Fsp3) is 0.357. The lowest BCUT2D eigenvalue weighted by atomic mass is 10.2. The number of amides is 1. The predicted octanol–water partition coefficient (Wildman–Crippen LogP) is 2.05. The largest absolute Gasteiger partial charge is 0.354 e. The number of nitrogens with one attached hydrogen (secondary N) is 2. The number of carbonyl (C=O) groups excluding carboxylic acids is 1. The number of halogens is 2. The molecule has 0 saturated heterocycles. The molecular weight excluding hydrogens is 299 g/mol. The van der Waals surface area contributed by atoms with Crippen LogP contribution in [0.5, 0.6) is 0 Å². The van der Waals surface area contributed by atoms with Gasteiger partial charge in [-0.25, -0.2) is 4.39 Å². The van der Waals surface area contributed by atoms with E-state index in [-0.39, 0.29) is 18.3 Å². The maximum Gasteiger partial charge on any atom is 0.234 e. The van der Waals surface area contributed by atoms with Crippen molar-refractivity contribution in [3.63, 3.8) is 0 Å². The van der Waals surface area contributed by atoms with Gasteiger partial charge in [-0.05, 0) is 12.1 Å². The first-order valence-corrected chi connectivity index (χ1v) is 7.60. The number of carbonyl (C=O) groups is 1. The first-order chi connectivity index (χ1) is 9.65. The molecule has 0 fully saturated rings. The molecule has 1 aromatic carbocycles. The fourth-order valence-electron chi connectivity index (χ4n) is 1.42. The molecule has 1 amide bonds. The van der Waals surface area contributed by atoms with Crippen molar-refractivity contribution in [1.82, 2.24) is 10.6 Å². The Kier molecular flexibility index (Phi) is 8.12. The van der Waals surface area contributed by atoms with Gasteiger partial charge < -0.3 is 5.32 Å². The number of benzene rings is 1. The zero-order valence-corrected chi connectivity index (χ0v) is 12.5. The van der Waals surface area contributed by atoms with Gasteiger partial charge in [0.2, 0.25) is 5.91 Å². The SMILES string of the molecule is C#CCNCC(=O)NCCSCc1c(F)cccc1Cl. The van der Waals surface area contributed by atoms with E-state index in [1.807, 2.05) is 0 Å². The average Bonchev–Trinajstić information content (AvgIpc) is 2.41. The molecular formula is C14H16ClFN2OS. The molecule has 2 N–H and O–H groups in total. The van der Waals surface area contributed by atoms with Crippen LogP contribution >= 0.6 is 23.4 Å². The zero-order chi connectivity index (χ0) is 14.8. The van der Waals surface area contributed by atoms with Crippen LogP contribution < -0.4 is 10.6 Å². The van der Waals surface area contributed by atoms with Crippen molar-refractivity contribution in [2.75, 3.05) is 25.4 Å². The Labute approximate surface area is 127 Å². The Morgan fingerprint density at radius 3 is 3.00 bits per heavy atom. The molecule has 20 heavy (non-hydrogen) atoms. The average molecular weight is 315 g/mol. The standard InChI is InChI=1S/C14H16ClFN2OS/c1-2-6-17-9-14(19)18-7-8-20-10-11-12(15)4-3-5-13(11)16/h1,3-5,17H,6-10H2,(H,18,19). The van der Waals surface area contributed by atoms with Gasteiger partial charge in [-0.15, -0.1) is 6.42 Å². The first kappa shape index (κ1) is 16.8. The molecule has 0 aliphatic carbocycles. The molecule has 0 heterocycles. The fourth-order valence-corrected chi connectivity index (χ4v) is 2.62. The van der Waals surface area contributed by atoms with Crippen LogP contribution in [0.3, 0.4) is 0 Å². The van der Waals surface area contributed by atoms with Crippen LogP contribution in [-0.4, -0.2) is 31.3 Å². The molecule has 0 aliphatic rings. The third-order valence-electron chi connectivity index (χ3n) is 2.39. The van der Waals surface area contributed by atoms with Gasteiger partial charge in [0, 0.05) is 28.6 Å². The molecule has 6 heteroatoms. The van der Waals surface area contributed by atoms with Crippen LogP contribution in [0, 0.1) is 18.2 Å². The van der Waals surface area contributed by atoms with E-state index >= 15 is 0 Å². The van der Waals surface area contributed by atoms with Crippen molar-refractivity contribution >= 4 is 29.3 Å². The lowest BCUT2D eigenvalue weighted by Gasteiger charge is -2.07. The summed E-state index contributed by atoms with van der Waals surface area (Å²) in [6.07, 6.45) is 5.05. The molecule has 0 atom stereocenters. The normalized spacial score (nSPS) is 10.1. The quantitative estimate of drug-likeness (QED) is 0.570. The van der Waals surface area contributed by atoms with Crippen molar-refractivity contribution in [1.29, 1.82) is 0 Å². The number of hydrogen-bond donors (Lipinski definition) is 2. The summed E-state index contributed by atoms with van der Waals surface area (Å²) in [7, 11) is 0. The predicted molar refractivity (Wildman–Crippen MR) is 82.3 cm³/mol. The van der Waals surface area contributed by atoms with Crippen molar-refractivity contribution in [2.24, 2.45) is 0 Å². The Hall–Kier alpha value is -1.22. The molecule has 108 valence electrons. The van der Waals surface area contributed by atoms with E-state index in [0.717, 1.165) is 0 Å². The highest BCUT2D eigenvalue weighted by atomic mass is 35.5. The molecule has 1 aromatic rings. The second-order valence-corrected chi connectivity index (χ2v) is 5.42. The molecule has 0 unspecified atom stereocenters. The summed E-state index contributed by atoms with van der Waals surface area (Å²) < 4.78 is 13.5. The van der Waals surface area contributed by atoms with Crippen molar-refractivity contribution in [3.05, 3.63) is 34.6 Å². The van der Waals surface area contributed by atoms with Crippen LogP contribution in [0.25, 0.3) is 0 Å². The Morgan fingerprint density at radius 1 is 1.50 bits per heavy atom.